The number of pyridine rings is 1. The molecule has 2 aromatic rings. The Bertz CT molecular complexity index is 623. The lowest BCUT2D eigenvalue weighted by Gasteiger charge is -2.13. The minimum atomic E-state index is -4.55. The van der Waals surface area contributed by atoms with Gasteiger partial charge in [0.25, 0.3) is 0 Å². The van der Waals surface area contributed by atoms with Crippen molar-refractivity contribution in [1.82, 2.24) is 4.98 Å². The van der Waals surface area contributed by atoms with Crippen LogP contribution in [0.4, 0.5) is 13.2 Å². The number of hydrogen-bond acceptors (Lipinski definition) is 2. The molecule has 0 aliphatic rings. The summed E-state index contributed by atoms with van der Waals surface area (Å²) in [5.74, 6) is -1.37. The summed E-state index contributed by atoms with van der Waals surface area (Å²) in [7, 11) is 0. The number of rotatable bonds is 2. The van der Waals surface area contributed by atoms with Crippen molar-refractivity contribution in [2.75, 3.05) is 0 Å². The zero-order valence-corrected chi connectivity index (χ0v) is 9.48. The number of halogens is 3. The molecule has 0 fully saturated rings. The van der Waals surface area contributed by atoms with Gasteiger partial charge in [0, 0.05) is 11.8 Å². The molecule has 0 unspecified atom stereocenters. The Morgan fingerprint density at radius 1 is 1.05 bits per heavy atom. The predicted octanol–water partition coefficient (Wildman–Crippen LogP) is 3.47. The molecular formula is C13H8F3NO2. The summed E-state index contributed by atoms with van der Waals surface area (Å²) < 4.78 is 38.7. The summed E-state index contributed by atoms with van der Waals surface area (Å²) in [6.45, 7) is 0. The molecule has 2 rings (SSSR count). The van der Waals surface area contributed by atoms with E-state index in [4.69, 9.17) is 5.11 Å². The second kappa shape index (κ2) is 4.72. The number of carbonyl (C=O) groups is 1. The van der Waals surface area contributed by atoms with E-state index in [-0.39, 0.29) is 11.1 Å². The number of carboxylic acid groups (broad SMARTS) is 1. The van der Waals surface area contributed by atoms with Crippen LogP contribution in [-0.2, 0) is 6.18 Å². The van der Waals surface area contributed by atoms with Gasteiger partial charge in [0.1, 0.15) is 0 Å². The summed E-state index contributed by atoms with van der Waals surface area (Å²) in [5.41, 5.74) is -1.53. The third-order valence-electron chi connectivity index (χ3n) is 2.53. The van der Waals surface area contributed by atoms with Crippen LogP contribution in [0.3, 0.4) is 0 Å². The maximum Gasteiger partial charge on any atom is 0.417 e. The first kappa shape index (κ1) is 13.1. The fraction of sp³-hybridized carbons (Fsp3) is 0.0769. The fourth-order valence-corrected chi connectivity index (χ4v) is 1.76. The predicted molar refractivity (Wildman–Crippen MR) is 61.6 cm³/mol. The highest BCUT2D eigenvalue weighted by atomic mass is 19.4. The van der Waals surface area contributed by atoms with Gasteiger partial charge in [-0.1, -0.05) is 24.3 Å². The third-order valence-corrected chi connectivity index (χ3v) is 2.53. The average molecular weight is 267 g/mol. The highest BCUT2D eigenvalue weighted by Crippen LogP contribution is 2.37. The molecule has 0 saturated heterocycles. The Morgan fingerprint density at radius 3 is 2.32 bits per heavy atom. The molecule has 0 aliphatic carbocycles. The van der Waals surface area contributed by atoms with E-state index in [0.717, 1.165) is 6.07 Å². The SMILES string of the molecule is O=C(O)c1ncccc1-c1ccccc1C(F)(F)F. The number of carboxylic acids is 1. The molecular weight excluding hydrogens is 259 g/mol. The van der Waals surface area contributed by atoms with E-state index in [9.17, 15) is 18.0 Å². The first-order chi connectivity index (χ1) is 8.91. The fourth-order valence-electron chi connectivity index (χ4n) is 1.76. The molecule has 98 valence electrons. The molecule has 6 heteroatoms. The average Bonchev–Trinajstić information content (AvgIpc) is 2.37. The maximum absolute atomic E-state index is 12.9. The van der Waals surface area contributed by atoms with E-state index < -0.39 is 23.4 Å². The van der Waals surface area contributed by atoms with Crippen molar-refractivity contribution in [2.24, 2.45) is 0 Å². The Kier molecular flexibility index (Phi) is 3.25. The third kappa shape index (κ3) is 2.57. The second-order valence-corrected chi connectivity index (χ2v) is 3.75. The summed E-state index contributed by atoms with van der Waals surface area (Å²) in [6, 6.07) is 7.52. The molecule has 0 saturated carbocycles. The van der Waals surface area contributed by atoms with Crippen LogP contribution >= 0.6 is 0 Å². The highest BCUT2D eigenvalue weighted by molar-refractivity contribution is 5.94. The van der Waals surface area contributed by atoms with Crippen LogP contribution in [0.5, 0.6) is 0 Å². The lowest BCUT2D eigenvalue weighted by atomic mass is 9.98. The molecule has 0 spiro atoms. The normalized spacial score (nSPS) is 11.3. The molecule has 1 aromatic carbocycles. The molecule has 1 aromatic heterocycles. The van der Waals surface area contributed by atoms with E-state index in [1.807, 2.05) is 0 Å². The van der Waals surface area contributed by atoms with Crippen LogP contribution in [0.1, 0.15) is 16.1 Å². The van der Waals surface area contributed by atoms with Gasteiger partial charge in [0.05, 0.1) is 5.56 Å². The van der Waals surface area contributed by atoms with Crippen LogP contribution in [0.2, 0.25) is 0 Å². The molecule has 1 heterocycles. The van der Waals surface area contributed by atoms with E-state index in [0.29, 0.717) is 0 Å². The zero-order chi connectivity index (χ0) is 14.0. The Morgan fingerprint density at radius 2 is 1.68 bits per heavy atom. The minimum absolute atomic E-state index is 0.0528. The van der Waals surface area contributed by atoms with Crippen molar-refractivity contribution in [1.29, 1.82) is 0 Å². The second-order valence-electron chi connectivity index (χ2n) is 3.75. The van der Waals surface area contributed by atoms with Crippen LogP contribution in [0.25, 0.3) is 11.1 Å². The summed E-state index contributed by atoms with van der Waals surface area (Å²) >= 11 is 0. The van der Waals surface area contributed by atoms with Gasteiger partial charge in [-0.3, -0.25) is 0 Å². The number of hydrogen-bond donors (Lipinski definition) is 1. The molecule has 1 N–H and O–H groups in total. The van der Waals surface area contributed by atoms with Crippen LogP contribution in [0.15, 0.2) is 42.6 Å². The largest absolute Gasteiger partial charge is 0.476 e. The summed E-state index contributed by atoms with van der Waals surface area (Å²) in [4.78, 5) is 14.6. The number of aromatic nitrogens is 1. The van der Waals surface area contributed by atoms with Crippen molar-refractivity contribution in [3.05, 3.63) is 53.9 Å². The van der Waals surface area contributed by atoms with E-state index >= 15 is 0 Å². The molecule has 19 heavy (non-hydrogen) atoms. The van der Waals surface area contributed by atoms with Gasteiger partial charge in [-0.25, -0.2) is 9.78 Å². The molecule has 0 aliphatic heterocycles. The van der Waals surface area contributed by atoms with Crippen molar-refractivity contribution in [3.63, 3.8) is 0 Å². The molecule has 0 atom stereocenters. The monoisotopic (exact) mass is 267 g/mol. The Labute approximate surface area is 106 Å². The van der Waals surface area contributed by atoms with E-state index in [1.54, 1.807) is 0 Å². The van der Waals surface area contributed by atoms with Crippen LogP contribution in [0, 0.1) is 0 Å². The maximum atomic E-state index is 12.9. The summed E-state index contributed by atoms with van der Waals surface area (Å²) in [5, 5.41) is 8.98. The van der Waals surface area contributed by atoms with Gasteiger partial charge in [0.2, 0.25) is 0 Å². The number of alkyl halides is 3. The topological polar surface area (TPSA) is 50.2 Å². The van der Waals surface area contributed by atoms with Gasteiger partial charge in [0.15, 0.2) is 5.69 Å². The lowest BCUT2D eigenvalue weighted by Crippen LogP contribution is -2.09. The Balaban J connectivity index is 2.70. The lowest BCUT2D eigenvalue weighted by molar-refractivity contribution is -0.137. The van der Waals surface area contributed by atoms with Crippen molar-refractivity contribution in [2.45, 2.75) is 6.18 Å². The smallest absolute Gasteiger partial charge is 0.417 e. The van der Waals surface area contributed by atoms with Crippen LogP contribution in [-0.4, -0.2) is 16.1 Å². The highest BCUT2D eigenvalue weighted by Gasteiger charge is 2.34. The van der Waals surface area contributed by atoms with Crippen LogP contribution < -0.4 is 0 Å². The first-order valence-corrected chi connectivity index (χ1v) is 5.26. The van der Waals surface area contributed by atoms with Crippen molar-refractivity contribution < 1.29 is 23.1 Å². The van der Waals surface area contributed by atoms with Gasteiger partial charge in [-0.2, -0.15) is 13.2 Å². The Hall–Kier alpha value is -2.37. The first-order valence-electron chi connectivity index (χ1n) is 5.26. The quantitative estimate of drug-likeness (QED) is 0.906. The number of nitrogens with zero attached hydrogens (tertiary/aromatic N) is 1. The van der Waals surface area contributed by atoms with Gasteiger partial charge in [-0.05, 0) is 17.7 Å². The summed E-state index contributed by atoms with van der Waals surface area (Å²) in [6.07, 6.45) is -3.33. The standard InChI is InChI=1S/C13H8F3NO2/c14-13(15,16)10-6-2-1-4-8(10)9-5-3-7-17-11(9)12(18)19/h1-7H,(H,18,19). The number of aromatic carboxylic acids is 1. The van der Waals surface area contributed by atoms with E-state index in [1.165, 1.54) is 36.5 Å². The minimum Gasteiger partial charge on any atom is -0.476 e. The molecule has 3 nitrogen and oxygen atoms in total. The number of benzene rings is 1. The van der Waals surface area contributed by atoms with Crippen molar-refractivity contribution >= 4 is 5.97 Å². The van der Waals surface area contributed by atoms with Gasteiger partial charge in [-0.15, -0.1) is 0 Å². The molecule has 0 amide bonds. The zero-order valence-electron chi connectivity index (χ0n) is 9.48. The van der Waals surface area contributed by atoms with Gasteiger partial charge < -0.3 is 5.11 Å². The van der Waals surface area contributed by atoms with E-state index in [2.05, 4.69) is 4.98 Å². The molecule has 0 radical (unpaired) electrons. The van der Waals surface area contributed by atoms with Gasteiger partial charge >= 0.3 is 12.1 Å². The molecule has 0 bridgehead atoms. The van der Waals surface area contributed by atoms with Crippen molar-refractivity contribution in [3.8, 4) is 11.1 Å².